The minimum absolute atomic E-state index is 0.106. The number of nitrogens with zero attached hydrogens (tertiary/aromatic N) is 3. The van der Waals surface area contributed by atoms with Gasteiger partial charge >= 0.3 is 0 Å². The first-order chi connectivity index (χ1) is 11.2. The van der Waals surface area contributed by atoms with Crippen molar-refractivity contribution in [3.05, 3.63) is 51.0 Å². The molecule has 2 heterocycles. The number of unbranched alkanes of at least 4 members (excludes halogenated alkanes) is 1. The van der Waals surface area contributed by atoms with Gasteiger partial charge in [0.05, 0.1) is 29.5 Å². The Hall–Kier alpha value is -1.92. The first kappa shape index (κ1) is 16.0. The number of nitrogens with one attached hydrogen (secondary N) is 1. The topological polar surface area (TPSA) is 59.8 Å². The number of halogens is 1. The predicted octanol–water partition coefficient (Wildman–Crippen LogP) is 3.77. The van der Waals surface area contributed by atoms with Crippen molar-refractivity contribution in [3.8, 4) is 0 Å². The molecule has 7 heteroatoms. The maximum absolute atomic E-state index is 12.5. The minimum Gasteiger partial charge on any atom is -0.362 e. The maximum Gasteiger partial charge on any atom is 0.261 e. The zero-order chi connectivity index (χ0) is 16.2. The summed E-state index contributed by atoms with van der Waals surface area (Å²) < 4.78 is 1.56. The van der Waals surface area contributed by atoms with Crippen molar-refractivity contribution in [1.29, 1.82) is 0 Å². The van der Waals surface area contributed by atoms with Gasteiger partial charge in [0.1, 0.15) is 0 Å². The van der Waals surface area contributed by atoms with Crippen LogP contribution < -0.4 is 10.9 Å². The van der Waals surface area contributed by atoms with Gasteiger partial charge in [0, 0.05) is 16.9 Å². The summed E-state index contributed by atoms with van der Waals surface area (Å²) in [6.45, 7) is 3.47. The van der Waals surface area contributed by atoms with Gasteiger partial charge in [-0.25, -0.2) is 9.97 Å². The summed E-state index contributed by atoms with van der Waals surface area (Å²) in [6, 6.07) is 5.14. The summed E-state index contributed by atoms with van der Waals surface area (Å²) in [5.41, 5.74) is 1.39. The van der Waals surface area contributed by atoms with E-state index < -0.39 is 0 Å². The Morgan fingerprint density at radius 3 is 3.09 bits per heavy atom. The Kier molecular flexibility index (Phi) is 4.93. The van der Waals surface area contributed by atoms with Crippen molar-refractivity contribution < 1.29 is 0 Å². The van der Waals surface area contributed by atoms with E-state index in [1.807, 2.05) is 5.38 Å². The monoisotopic (exact) mass is 348 g/mol. The Morgan fingerprint density at radius 2 is 2.26 bits per heavy atom. The van der Waals surface area contributed by atoms with Gasteiger partial charge in [-0.1, -0.05) is 24.9 Å². The van der Waals surface area contributed by atoms with Gasteiger partial charge < -0.3 is 5.32 Å². The molecule has 5 nitrogen and oxygen atoms in total. The highest BCUT2D eigenvalue weighted by molar-refractivity contribution is 7.13. The number of benzene rings is 1. The van der Waals surface area contributed by atoms with Crippen LogP contribution >= 0.6 is 22.9 Å². The van der Waals surface area contributed by atoms with E-state index in [-0.39, 0.29) is 5.56 Å². The standard InChI is InChI=1S/C16H17ClN4OS/c1-2-3-6-18-16-20-12(9-23-16)8-21-10-19-14-5-4-11(17)7-13(14)15(21)22/h4-5,7,9-10H,2-3,6,8H2,1H3,(H,18,20). The highest BCUT2D eigenvalue weighted by Crippen LogP contribution is 2.17. The lowest BCUT2D eigenvalue weighted by Crippen LogP contribution is -2.21. The highest BCUT2D eigenvalue weighted by atomic mass is 35.5. The Morgan fingerprint density at radius 1 is 1.39 bits per heavy atom. The van der Waals surface area contributed by atoms with Gasteiger partial charge in [-0.15, -0.1) is 11.3 Å². The summed E-state index contributed by atoms with van der Waals surface area (Å²) in [5.74, 6) is 0. The van der Waals surface area contributed by atoms with Gasteiger partial charge in [0.25, 0.3) is 5.56 Å². The van der Waals surface area contributed by atoms with Crippen LogP contribution in [0.1, 0.15) is 25.5 Å². The molecule has 2 aromatic heterocycles. The largest absolute Gasteiger partial charge is 0.362 e. The van der Waals surface area contributed by atoms with E-state index in [0.717, 1.165) is 30.2 Å². The van der Waals surface area contributed by atoms with Crippen LogP contribution in [-0.2, 0) is 6.54 Å². The van der Waals surface area contributed by atoms with Crippen LogP contribution in [0.5, 0.6) is 0 Å². The van der Waals surface area contributed by atoms with Gasteiger partial charge in [-0.2, -0.15) is 0 Å². The van der Waals surface area contributed by atoms with Crippen LogP contribution in [0.2, 0.25) is 5.02 Å². The molecule has 0 unspecified atom stereocenters. The van der Waals surface area contributed by atoms with Gasteiger partial charge in [-0.05, 0) is 24.6 Å². The zero-order valence-corrected chi connectivity index (χ0v) is 14.3. The average Bonchev–Trinajstić information content (AvgIpc) is 2.98. The molecule has 0 saturated carbocycles. The van der Waals surface area contributed by atoms with Crippen LogP contribution in [0.3, 0.4) is 0 Å². The van der Waals surface area contributed by atoms with Crippen molar-refractivity contribution in [1.82, 2.24) is 14.5 Å². The molecule has 0 bridgehead atoms. The summed E-state index contributed by atoms with van der Waals surface area (Å²) >= 11 is 7.52. The second kappa shape index (κ2) is 7.10. The van der Waals surface area contributed by atoms with Crippen LogP contribution in [0.15, 0.2) is 34.7 Å². The second-order valence-electron chi connectivity index (χ2n) is 5.26. The summed E-state index contributed by atoms with van der Waals surface area (Å²) in [4.78, 5) is 21.3. The average molecular weight is 349 g/mol. The number of rotatable bonds is 6. The second-order valence-corrected chi connectivity index (χ2v) is 6.56. The molecule has 0 spiro atoms. The lowest BCUT2D eigenvalue weighted by Gasteiger charge is -2.05. The van der Waals surface area contributed by atoms with Crippen molar-refractivity contribution in [2.45, 2.75) is 26.3 Å². The number of aromatic nitrogens is 3. The fourth-order valence-corrected chi connectivity index (χ4v) is 3.15. The Balaban J connectivity index is 1.81. The lowest BCUT2D eigenvalue weighted by atomic mass is 10.2. The molecule has 23 heavy (non-hydrogen) atoms. The Labute approximate surface area is 143 Å². The predicted molar refractivity (Wildman–Crippen MR) is 95.6 cm³/mol. The molecule has 1 N–H and O–H groups in total. The molecule has 0 saturated heterocycles. The molecular weight excluding hydrogens is 332 g/mol. The summed E-state index contributed by atoms with van der Waals surface area (Å²) in [7, 11) is 0. The highest BCUT2D eigenvalue weighted by Gasteiger charge is 2.08. The third kappa shape index (κ3) is 3.71. The van der Waals surface area contributed by atoms with E-state index in [1.165, 1.54) is 0 Å². The van der Waals surface area contributed by atoms with Crippen molar-refractivity contribution in [2.75, 3.05) is 11.9 Å². The summed E-state index contributed by atoms with van der Waals surface area (Å²) in [6.07, 6.45) is 3.82. The van der Waals surface area contributed by atoms with Crippen LogP contribution in [0.25, 0.3) is 10.9 Å². The molecule has 3 aromatic rings. The van der Waals surface area contributed by atoms with Crippen molar-refractivity contribution in [3.63, 3.8) is 0 Å². The van der Waals surface area contributed by atoms with E-state index in [1.54, 1.807) is 40.4 Å². The van der Waals surface area contributed by atoms with E-state index in [4.69, 9.17) is 11.6 Å². The van der Waals surface area contributed by atoms with E-state index in [2.05, 4.69) is 22.2 Å². The van der Waals surface area contributed by atoms with Crippen LogP contribution in [-0.4, -0.2) is 21.1 Å². The molecule has 120 valence electrons. The van der Waals surface area contributed by atoms with Crippen molar-refractivity contribution in [2.24, 2.45) is 0 Å². The zero-order valence-electron chi connectivity index (χ0n) is 12.8. The lowest BCUT2D eigenvalue weighted by molar-refractivity contribution is 0.734. The molecule has 0 atom stereocenters. The molecule has 0 aliphatic carbocycles. The SMILES string of the molecule is CCCCNc1nc(Cn2cnc3ccc(Cl)cc3c2=O)cs1. The fraction of sp³-hybridized carbons (Fsp3) is 0.312. The number of anilines is 1. The van der Waals surface area contributed by atoms with E-state index >= 15 is 0 Å². The van der Waals surface area contributed by atoms with Gasteiger partial charge in [0.15, 0.2) is 5.13 Å². The number of thiazole rings is 1. The van der Waals surface area contributed by atoms with E-state index in [9.17, 15) is 4.79 Å². The summed E-state index contributed by atoms with van der Waals surface area (Å²) in [5, 5.41) is 7.20. The molecule has 1 aromatic carbocycles. The van der Waals surface area contributed by atoms with Gasteiger partial charge in [-0.3, -0.25) is 9.36 Å². The molecule has 0 aliphatic rings. The maximum atomic E-state index is 12.5. The minimum atomic E-state index is -0.106. The number of fused-ring (bicyclic) bond motifs is 1. The number of hydrogen-bond donors (Lipinski definition) is 1. The Bertz CT molecular complexity index is 874. The third-order valence-electron chi connectivity index (χ3n) is 3.48. The van der Waals surface area contributed by atoms with Crippen molar-refractivity contribution >= 4 is 39.0 Å². The molecule has 0 radical (unpaired) electrons. The molecule has 3 rings (SSSR count). The molecule has 0 fully saturated rings. The van der Waals surface area contributed by atoms with E-state index in [0.29, 0.717) is 22.5 Å². The fourth-order valence-electron chi connectivity index (χ4n) is 2.25. The first-order valence-corrected chi connectivity index (χ1v) is 8.76. The van der Waals surface area contributed by atoms with Crippen LogP contribution in [0.4, 0.5) is 5.13 Å². The first-order valence-electron chi connectivity index (χ1n) is 7.50. The molecule has 0 amide bonds. The smallest absolute Gasteiger partial charge is 0.261 e. The molecule has 0 aliphatic heterocycles. The quantitative estimate of drug-likeness (QED) is 0.689. The molecular formula is C16H17ClN4OS. The van der Waals surface area contributed by atoms with Crippen LogP contribution in [0, 0.1) is 0 Å². The van der Waals surface area contributed by atoms with Gasteiger partial charge in [0.2, 0.25) is 0 Å². The third-order valence-corrected chi connectivity index (χ3v) is 4.56. The number of hydrogen-bond acceptors (Lipinski definition) is 5. The normalized spacial score (nSPS) is 11.0.